The Bertz CT molecular complexity index is 554. The van der Waals surface area contributed by atoms with Crippen LogP contribution in [-0.4, -0.2) is 25.4 Å². The molecule has 2 aromatic rings. The van der Waals surface area contributed by atoms with E-state index >= 15 is 0 Å². The molecule has 0 spiro atoms. The normalized spacial score (nSPS) is 22.3. The fraction of sp³-hybridized carbons (Fsp3) is 0.286. The van der Waals surface area contributed by atoms with Crippen LogP contribution in [0.15, 0.2) is 36.4 Å². The van der Waals surface area contributed by atoms with Crippen LogP contribution >= 0.6 is 0 Å². The van der Waals surface area contributed by atoms with Crippen LogP contribution in [0, 0.1) is 0 Å². The summed E-state index contributed by atoms with van der Waals surface area (Å²) < 4.78 is 0.550. The Kier molecular flexibility index (Phi) is 1.88. The highest BCUT2D eigenvalue weighted by Crippen LogP contribution is 2.38. The van der Waals surface area contributed by atoms with Gasteiger partial charge in [-0.15, -0.1) is 0 Å². The maximum atomic E-state index is 10.2. The van der Waals surface area contributed by atoms with Crippen molar-refractivity contribution in [1.29, 1.82) is 0 Å². The Morgan fingerprint density at radius 2 is 1.81 bits per heavy atom. The maximum Gasteiger partial charge on any atom is 0.198 e. The average molecular weight is 214 g/mol. The number of nitrogens with zero attached hydrogens (tertiary/aromatic N) is 1. The molecule has 0 amide bonds. The summed E-state index contributed by atoms with van der Waals surface area (Å²) in [6, 6.07) is 12.7. The second-order valence-electron chi connectivity index (χ2n) is 5.02. The number of benzene rings is 2. The van der Waals surface area contributed by atoms with Gasteiger partial charge in [0.25, 0.3) is 0 Å². The van der Waals surface area contributed by atoms with Gasteiger partial charge >= 0.3 is 0 Å². The van der Waals surface area contributed by atoms with Crippen molar-refractivity contribution in [3.05, 3.63) is 42.0 Å². The summed E-state index contributed by atoms with van der Waals surface area (Å²) in [5.74, 6) is 0. The van der Waals surface area contributed by atoms with Crippen molar-refractivity contribution in [1.82, 2.24) is 4.48 Å². The zero-order valence-electron chi connectivity index (χ0n) is 9.64. The van der Waals surface area contributed by atoms with Crippen molar-refractivity contribution in [3.63, 3.8) is 0 Å². The minimum Gasteiger partial charge on any atom is -0.344 e. The summed E-state index contributed by atoms with van der Waals surface area (Å²) >= 11 is 0. The number of aliphatic hydroxyl groups excluding tert-OH is 1. The zero-order chi connectivity index (χ0) is 11.3. The lowest BCUT2D eigenvalue weighted by atomic mass is 9.94. The third-order valence-electron chi connectivity index (χ3n) is 3.74. The van der Waals surface area contributed by atoms with Gasteiger partial charge in [-0.25, -0.2) is 0 Å². The summed E-state index contributed by atoms with van der Waals surface area (Å²) in [7, 11) is 4.13. The number of likely N-dealkylation sites (N-methyl/N-ethyl adjacent to an activating group) is 1. The Morgan fingerprint density at radius 1 is 1.12 bits per heavy atom. The molecule has 2 nitrogen and oxygen atoms in total. The molecule has 1 N–H and O–H groups in total. The van der Waals surface area contributed by atoms with Gasteiger partial charge in [-0.1, -0.05) is 30.3 Å². The molecule has 1 unspecified atom stereocenters. The Hall–Kier alpha value is -1.38. The SMILES string of the molecule is C[N+]1(C)c2cccc3cccc(c23)CC1O. The number of quaternary nitrogens is 1. The fourth-order valence-electron chi connectivity index (χ4n) is 2.63. The molecule has 0 bridgehead atoms. The van der Waals surface area contributed by atoms with Gasteiger partial charge in [-0.05, 0) is 17.0 Å². The standard InChI is InChI=1S/C14H16NO/c1-15(2)12-8-4-6-10-5-3-7-11(14(10)12)9-13(15)16/h3-8,13,16H,9H2,1-2H3/q+1. The van der Waals surface area contributed by atoms with E-state index in [1.807, 2.05) is 0 Å². The predicted octanol–water partition coefficient (Wildman–Crippen LogP) is 2.28. The van der Waals surface area contributed by atoms with E-state index in [0.717, 1.165) is 6.42 Å². The van der Waals surface area contributed by atoms with Crippen LogP contribution < -0.4 is 4.48 Å². The number of hydrogen-bond acceptors (Lipinski definition) is 1. The van der Waals surface area contributed by atoms with E-state index in [0.29, 0.717) is 4.48 Å². The minimum absolute atomic E-state index is 0.347. The molecule has 0 saturated heterocycles. The monoisotopic (exact) mass is 214 g/mol. The van der Waals surface area contributed by atoms with Crippen LogP contribution in [-0.2, 0) is 6.42 Å². The van der Waals surface area contributed by atoms with Crippen molar-refractivity contribution in [2.45, 2.75) is 12.6 Å². The average Bonchev–Trinajstić information content (AvgIpc) is 2.27. The minimum atomic E-state index is -0.347. The van der Waals surface area contributed by atoms with Gasteiger partial charge in [0, 0.05) is 5.39 Å². The molecule has 3 rings (SSSR count). The topological polar surface area (TPSA) is 20.2 Å². The van der Waals surface area contributed by atoms with Crippen LogP contribution in [0.2, 0.25) is 0 Å². The first kappa shape index (κ1) is 9.82. The summed E-state index contributed by atoms with van der Waals surface area (Å²) in [6.07, 6.45) is 0.391. The van der Waals surface area contributed by atoms with Crippen LogP contribution in [0.25, 0.3) is 10.8 Å². The third kappa shape index (κ3) is 1.14. The lowest BCUT2D eigenvalue weighted by Gasteiger charge is -2.38. The third-order valence-corrected chi connectivity index (χ3v) is 3.74. The summed E-state index contributed by atoms with van der Waals surface area (Å²) in [5, 5.41) is 12.8. The molecule has 0 aliphatic carbocycles. The first-order chi connectivity index (χ1) is 7.60. The van der Waals surface area contributed by atoms with Crippen molar-refractivity contribution in [2.75, 3.05) is 14.1 Å². The molecule has 0 fully saturated rings. The number of aliphatic hydroxyl groups is 1. The lowest BCUT2D eigenvalue weighted by molar-refractivity contribution is 0.0428. The van der Waals surface area contributed by atoms with E-state index in [2.05, 4.69) is 50.5 Å². The van der Waals surface area contributed by atoms with E-state index in [9.17, 15) is 5.11 Å². The molecule has 0 radical (unpaired) electrons. The van der Waals surface area contributed by atoms with Crippen LogP contribution in [0.4, 0.5) is 5.69 Å². The first-order valence-electron chi connectivity index (χ1n) is 5.63. The van der Waals surface area contributed by atoms with Gasteiger partial charge in [-0.2, -0.15) is 0 Å². The van der Waals surface area contributed by atoms with Gasteiger partial charge < -0.3 is 5.11 Å². The molecular formula is C14H16NO+. The molecule has 1 aliphatic heterocycles. The molecule has 16 heavy (non-hydrogen) atoms. The quantitative estimate of drug-likeness (QED) is 0.667. The zero-order valence-corrected chi connectivity index (χ0v) is 9.64. The maximum absolute atomic E-state index is 10.2. The molecule has 2 aromatic carbocycles. The van der Waals surface area contributed by atoms with Gasteiger partial charge in [0.1, 0.15) is 5.69 Å². The number of hydrogen-bond donors (Lipinski definition) is 1. The smallest absolute Gasteiger partial charge is 0.198 e. The van der Waals surface area contributed by atoms with Crippen LogP contribution in [0.5, 0.6) is 0 Å². The summed E-state index contributed by atoms with van der Waals surface area (Å²) in [4.78, 5) is 0. The molecule has 0 saturated carbocycles. The Labute approximate surface area is 95.3 Å². The number of rotatable bonds is 0. The second-order valence-corrected chi connectivity index (χ2v) is 5.02. The Morgan fingerprint density at radius 3 is 2.56 bits per heavy atom. The van der Waals surface area contributed by atoms with Crippen LogP contribution in [0.1, 0.15) is 5.56 Å². The molecule has 82 valence electrons. The molecule has 2 heteroatoms. The van der Waals surface area contributed by atoms with E-state index in [1.165, 1.54) is 22.0 Å². The van der Waals surface area contributed by atoms with Crippen molar-refractivity contribution >= 4 is 16.5 Å². The summed E-state index contributed by atoms with van der Waals surface area (Å²) in [5.41, 5.74) is 2.48. The van der Waals surface area contributed by atoms with Gasteiger partial charge in [0.2, 0.25) is 0 Å². The Balaban J connectivity index is 2.44. The van der Waals surface area contributed by atoms with E-state index in [4.69, 9.17) is 0 Å². The van der Waals surface area contributed by atoms with Gasteiger partial charge in [0.05, 0.1) is 20.5 Å². The molecular weight excluding hydrogens is 198 g/mol. The predicted molar refractivity (Wildman–Crippen MR) is 67.3 cm³/mol. The second kappa shape index (κ2) is 3.06. The van der Waals surface area contributed by atoms with Gasteiger partial charge in [0.15, 0.2) is 6.23 Å². The molecule has 1 atom stereocenters. The largest absolute Gasteiger partial charge is 0.344 e. The fourth-order valence-corrected chi connectivity index (χ4v) is 2.63. The summed E-state index contributed by atoms with van der Waals surface area (Å²) in [6.45, 7) is 0. The van der Waals surface area contributed by atoms with E-state index in [1.54, 1.807) is 0 Å². The lowest BCUT2D eigenvalue weighted by Crippen LogP contribution is -2.52. The van der Waals surface area contributed by atoms with E-state index < -0.39 is 0 Å². The van der Waals surface area contributed by atoms with Gasteiger partial charge in [-0.3, -0.25) is 4.48 Å². The van der Waals surface area contributed by atoms with Crippen molar-refractivity contribution in [2.24, 2.45) is 0 Å². The highest BCUT2D eigenvalue weighted by molar-refractivity contribution is 5.97. The first-order valence-corrected chi connectivity index (χ1v) is 5.63. The van der Waals surface area contributed by atoms with Crippen LogP contribution in [0.3, 0.4) is 0 Å². The highest BCUT2D eigenvalue weighted by Gasteiger charge is 2.35. The van der Waals surface area contributed by atoms with Crippen molar-refractivity contribution in [3.8, 4) is 0 Å². The van der Waals surface area contributed by atoms with Crippen molar-refractivity contribution < 1.29 is 5.11 Å². The molecule has 1 heterocycles. The molecule has 0 aromatic heterocycles. The highest BCUT2D eigenvalue weighted by atomic mass is 16.3. The molecule has 1 aliphatic rings. The van der Waals surface area contributed by atoms with E-state index in [-0.39, 0.29) is 6.23 Å².